The van der Waals surface area contributed by atoms with Gasteiger partial charge in [0.05, 0.1) is 0 Å². The molecule has 0 aromatic carbocycles. The van der Waals surface area contributed by atoms with E-state index in [0.29, 0.717) is 0 Å². The minimum atomic E-state index is -1.32. The maximum Gasteiger partial charge on any atom is 0.468 e. The lowest BCUT2D eigenvalue weighted by Crippen LogP contribution is -2.35. The van der Waals surface area contributed by atoms with Crippen LogP contribution in [-0.2, 0) is 9.53 Å². The molecule has 2 atom stereocenters. The quantitative estimate of drug-likeness (QED) is 0.355. The highest BCUT2D eigenvalue weighted by atomic mass is 16.6. The van der Waals surface area contributed by atoms with Crippen LogP contribution in [0.25, 0.3) is 4.98 Å². The van der Waals surface area contributed by atoms with Crippen molar-refractivity contribution in [3.63, 3.8) is 0 Å². The van der Waals surface area contributed by atoms with E-state index in [4.69, 9.17) is 26.4 Å². The van der Waals surface area contributed by atoms with Crippen LogP contribution in [0.4, 0.5) is 0 Å². The lowest BCUT2D eigenvalue weighted by molar-refractivity contribution is -0.139. The van der Waals surface area contributed by atoms with Crippen molar-refractivity contribution in [1.29, 1.82) is 5.39 Å². The third kappa shape index (κ3) is 4.26. The maximum atomic E-state index is 10.3. The van der Waals surface area contributed by atoms with Gasteiger partial charge in [-0.3, -0.25) is 4.79 Å². The summed E-state index contributed by atoms with van der Waals surface area (Å²) in [7, 11) is 0. The Labute approximate surface area is 85.2 Å². The number of nitrogens with two attached hydrogens (primary N) is 1. The second kappa shape index (κ2) is 5.79. The van der Waals surface area contributed by atoms with Crippen molar-refractivity contribution in [2.24, 2.45) is 5.73 Å². The van der Waals surface area contributed by atoms with E-state index >= 15 is 0 Å². The molecule has 0 saturated carbocycles. The number of ether oxygens (including phenoxy) is 1. The Bertz CT molecular complexity index is 306. The predicted molar refractivity (Wildman–Crippen MR) is 48.0 cm³/mol. The van der Waals surface area contributed by atoms with Gasteiger partial charge >= 0.3 is 17.6 Å². The van der Waals surface area contributed by atoms with Gasteiger partial charge in [0.1, 0.15) is 12.6 Å². The summed E-state index contributed by atoms with van der Waals surface area (Å²) in [5.41, 5.74) is 4.56. The molecule has 0 rings (SSSR count). The fourth-order valence-electron chi connectivity index (χ4n) is 0.619. The van der Waals surface area contributed by atoms with Crippen LogP contribution in [0.1, 0.15) is 6.92 Å². The zero-order valence-corrected chi connectivity index (χ0v) is 7.99. The average molecular weight is 218 g/mol. The van der Waals surface area contributed by atoms with Crippen molar-refractivity contribution in [3.8, 4) is 0 Å². The number of carboxylic acid groups (broad SMARTS) is 1. The minimum absolute atomic E-state index is 0.507. The Hall–Kier alpha value is -1.85. The molecule has 84 valence electrons. The molecule has 8 nitrogen and oxygen atoms in total. The summed E-state index contributed by atoms with van der Waals surface area (Å²) in [6.45, 7) is 0.721. The second-order valence-corrected chi connectivity index (χ2v) is 2.72. The van der Waals surface area contributed by atoms with Crippen molar-refractivity contribution in [3.05, 3.63) is 16.6 Å². The fourth-order valence-corrected chi connectivity index (χ4v) is 0.619. The number of rotatable bonds is 5. The zero-order valence-electron chi connectivity index (χ0n) is 7.99. The van der Waals surface area contributed by atoms with E-state index in [1.807, 2.05) is 0 Å². The highest BCUT2D eigenvalue weighted by Crippen LogP contribution is 2.09. The van der Waals surface area contributed by atoms with Gasteiger partial charge in [0.25, 0.3) is 0 Å². The van der Waals surface area contributed by atoms with E-state index < -0.39 is 36.4 Å². The number of aliphatic hydroxyl groups is 2. The summed E-state index contributed by atoms with van der Waals surface area (Å²) in [6.07, 6.45) is -1.25. The third-order valence-corrected chi connectivity index (χ3v) is 1.44. The van der Waals surface area contributed by atoms with Crippen LogP contribution < -0.4 is 5.73 Å². The first-order valence-corrected chi connectivity index (χ1v) is 3.97. The summed E-state index contributed by atoms with van der Waals surface area (Å²) < 4.78 is 4.50. The molecule has 0 heterocycles. The Morgan fingerprint density at radius 2 is 2.13 bits per heavy atom. The van der Waals surface area contributed by atoms with Crippen LogP contribution in [0.2, 0.25) is 0 Å². The number of hydrogen-bond donors (Lipinski definition) is 4. The van der Waals surface area contributed by atoms with E-state index in [1.54, 1.807) is 0 Å². The molecule has 0 aliphatic rings. The monoisotopic (exact) mass is 218 g/mol. The number of diazo groups is 1. The molecule has 5 N–H and O–H groups in total. The SMILES string of the molecule is CC(O)C([N+]#N)=C(O)OCC(N)C(=O)O. The van der Waals surface area contributed by atoms with Gasteiger partial charge in [-0.25, -0.2) is 0 Å². The standard InChI is InChI=1S/C7H11N3O5/c1-3(11)5(10-9)7(14)15-2-4(8)6(12)13/h3-4,11H,2,8H2,1H3,(H-,12,13,14)/p+1. The van der Waals surface area contributed by atoms with Gasteiger partial charge in [-0.05, 0) is 6.92 Å². The topological polar surface area (TPSA) is 141 Å². The molecule has 0 aliphatic carbocycles. The van der Waals surface area contributed by atoms with Gasteiger partial charge in [0.2, 0.25) is 5.39 Å². The molecule has 0 fully saturated rings. The highest BCUT2D eigenvalue weighted by Gasteiger charge is 2.27. The number of hydrogen-bond acceptors (Lipinski definition) is 6. The number of aliphatic hydroxyl groups excluding tert-OH is 2. The van der Waals surface area contributed by atoms with Crippen LogP contribution in [0.15, 0.2) is 11.6 Å². The Balaban J connectivity index is 4.42. The molecule has 0 aromatic rings. The molecule has 0 spiro atoms. The van der Waals surface area contributed by atoms with Gasteiger partial charge in [-0.15, -0.1) is 0 Å². The van der Waals surface area contributed by atoms with Gasteiger partial charge in [0, 0.05) is 0 Å². The lowest BCUT2D eigenvalue weighted by Gasteiger charge is -2.06. The van der Waals surface area contributed by atoms with Crippen molar-refractivity contribution in [2.75, 3.05) is 6.61 Å². The van der Waals surface area contributed by atoms with Gasteiger partial charge in [-0.1, -0.05) is 0 Å². The first-order chi connectivity index (χ1) is 6.90. The Morgan fingerprint density at radius 1 is 1.60 bits per heavy atom. The predicted octanol–water partition coefficient (Wildman–Crippen LogP) is -0.624. The van der Waals surface area contributed by atoms with E-state index in [0.717, 1.165) is 0 Å². The molecule has 0 saturated heterocycles. The van der Waals surface area contributed by atoms with Crippen molar-refractivity contribution >= 4 is 5.97 Å². The summed E-state index contributed by atoms with van der Waals surface area (Å²) >= 11 is 0. The maximum absolute atomic E-state index is 10.3. The zero-order chi connectivity index (χ0) is 12.0. The average Bonchev–Trinajstić information content (AvgIpc) is 2.14. The molecule has 15 heavy (non-hydrogen) atoms. The van der Waals surface area contributed by atoms with Crippen molar-refractivity contribution < 1.29 is 24.9 Å². The molecular weight excluding hydrogens is 206 g/mol. The molecule has 0 aliphatic heterocycles. The molecule has 0 aromatic heterocycles. The first kappa shape index (κ1) is 13.2. The Kier molecular flexibility index (Phi) is 5.08. The van der Waals surface area contributed by atoms with Crippen LogP contribution in [0.5, 0.6) is 0 Å². The third-order valence-electron chi connectivity index (χ3n) is 1.44. The van der Waals surface area contributed by atoms with Gasteiger partial charge < -0.3 is 25.8 Å². The van der Waals surface area contributed by atoms with E-state index in [2.05, 4.69) is 9.71 Å². The van der Waals surface area contributed by atoms with E-state index in [-0.39, 0.29) is 0 Å². The van der Waals surface area contributed by atoms with Gasteiger partial charge in [-0.2, -0.15) is 0 Å². The minimum Gasteiger partial charge on any atom is -0.480 e. The van der Waals surface area contributed by atoms with Crippen molar-refractivity contribution in [2.45, 2.75) is 19.1 Å². The van der Waals surface area contributed by atoms with Gasteiger partial charge in [0.15, 0.2) is 11.1 Å². The number of aliphatic carboxylic acids is 1. The molecular formula is C7H12N3O5+. The molecule has 0 radical (unpaired) electrons. The summed E-state index contributed by atoms with van der Waals surface area (Å²) in [4.78, 5) is 12.8. The second-order valence-electron chi connectivity index (χ2n) is 2.72. The Morgan fingerprint density at radius 3 is 2.47 bits per heavy atom. The summed E-state index contributed by atoms with van der Waals surface area (Å²) in [5.74, 6) is -2.17. The normalized spacial score (nSPS) is 15.9. The van der Waals surface area contributed by atoms with Crippen LogP contribution in [0, 0.1) is 5.39 Å². The van der Waals surface area contributed by atoms with E-state index in [9.17, 15) is 4.79 Å². The highest BCUT2D eigenvalue weighted by molar-refractivity contribution is 5.73. The summed E-state index contributed by atoms with van der Waals surface area (Å²) in [5, 5.41) is 34.8. The fraction of sp³-hybridized carbons (Fsp3) is 0.571. The smallest absolute Gasteiger partial charge is 0.468 e. The van der Waals surface area contributed by atoms with Crippen LogP contribution in [-0.4, -0.2) is 40.0 Å². The van der Waals surface area contributed by atoms with E-state index in [1.165, 1.54) is 6.92 Å². The van der Waals surface area contributed by atoms with Crippen LogP contribution >= 0.6 is 0 Å². The number of nitrogens with zero attached hydrogens (tertiary/aromatic N) is 2. The number of carboxylic acids is 1. The lowest BCUT2D eigenvalue weighted by atomic mass is 10.3. The molecule has 0 bridgehead atoms. The van der Waals surface area contributed by atoms with Crippen LogP contribution in [0.3, 0.4) is 0 Å². The first-order valence-electron chi connectivity index (χ1n) is 3.97. The number of carbonyl (C=O) groups is 1. The largest absolute Gasteiger partial charge is 0.480 e. The molecule has 2 unspecified atom stereocenters. The van der Waals surface area contributed by atoms with Crippen molar-refractivity contribution in [1.82, 2.24) is 0 Å². The summed E-state index contributed by atoms with van der Waals surface area (Å²) in [6, 6.07) is -1.32. The molecule has 8 heteroatoms. The molecule has 0 amide bonds.